The Morgan fingerprint density at radius 1 is 1.50 bits per heavy atom. The monoisotopic (exact) mass is 166 g/mol. The van der Waals surface area contributed by atoms with Crippen LogP contribution >= 0.6 is 0 Å². The van der Waals surface area contributed by atoms with E-state index in [1.54, 1.807) is 6.26 Å². The van der Waals surface area contributed by atoms with Gasteiger partial charge in [0.15, 0.2) is 0 Å². The number of hydrogen-bond acceptors (Lipinski definition) is 3. The topological polar surface area (TPSA) is 51.2 Å². The molecule has 0 bridgehead atoms. The summed E-state index contributed by atoms with van der Waals surface area (Å²) in [6.45, 7) is 1.07. The van der Waals surface area contributed by atoms with E-state index >= 15 is 0 Å². The quantitative estimate of drug-likeness (QED) is 0.667. The zero-order chi connectivity index (χ0) is 8.39. The first kappa shape index (κ1) is 7.68. The van der Waals surface area contributed by atoms with E-state index in [1.165, 1.54) is 12.8 Å². The Morgan fingerprint density at radius 3 is 3.00 bits per heavy atom. The fourth-order valence-electron chi connectivity index (χ4n) is 1.69. The lowest BCUT2D eigenvalue weighted by Gasteiger charge is -2.21. The Labute approximate surface area is 71.9 Å². The summed E-state index contributed by atoms with van der Waals surface area (Å²) in [6, 6.07) is 2.15. The lowest BCUT2D eigenvalue weighted by atomic mass is 10.0. The van der Waals surface area contributed by atoms with E-state index in [4.69, 9.17) is 10.2 Å². The molecule has 2 rings (SSSR count). The van der Waals surface area contributed by atoms with E-state index in [9.17, 15) is 0 Å². The van der Waals surface area contributed by atoms with Crippen LogP contribution in [-0.2, 0) is 0 Å². The summed E-state index contributed by atoms with van der Waals surface area (Å²) in [7, 11) is 0. The van der Waals surface area contributed by atoms with Crippen LogP contribution in [0.2, 0.25) is 0 Å². The fraction of sp³-hybridized carbons (Fsp3) is 0.556. The molecule has 12 heavy (non-hydrogen) atoms. The Balaban J connectivity index is 2.13. The first-order valence-corrected chi connectivity index (χ1v) is 4.44. The molecule has 0 radical (unpaired) electrons. The molecule has 66 valence electrons. The molecule has 1 aliphatic heterocycles. The lowest BCUT2D eigenvalue weighted by molar-refractivity contribution is 0.351. The first-order chi connectivity index (χ1) is 5.88. The van der Waals surface area contributed by atoms with Crippen molar-refractivity contribution in [3.63, 3.8) is 0 Å². The van der Waals surface area contributed by atoms with Crippen LogP contribution in [0.1, 0.15) is 31.1 Å². The summed E-state index contributed by atoms with van der Waals surface area (Å²) in [4.78, 5) is 0. The number of nitrogens with one attached hydrogen (secondary N) is 1. The smallest absolute Gasteiger partial charge is 0.143 e. The molecule has 0 spiro atoms. The number of anilines is 1. The fourth-order valence-corrected chi connectivity index (χ4v) is 1.69. The molecule has 1 aliphatic rings. The maximum Gasteiger partial charge on any atom is 0.143 e. The molecule has 1 fully saturated rings. The minimum Gasteiger partial charge on any atom is -0.465 e. The zero-order valence-corrected chi connectivity index (χ0v) is 7.05. The first-order valence-electron chi connectivity index (χ1n) is 4.44. The number of furan rings is 1. The second-order valence-corrected chi connectivity index (χ2v) is 3.24. The number of piperidine rings is 1. The van der Waals surface area contributed by atoms with Gasteiger partial charge in [-0.2, -0.15) is 0 Å². The molecule has 1 aromatic heterocycles. The van der Waals surface area contributed by atoms with Gasteiger partial charge in [-0.1, -0.05) is 6.42 Å². The molecule has 1 aromatic rings. The van der Waals surface area contributed by atoms with Crippen molar-refractivity contribution in [1.29, 1.82) is 0 Å². The molecule has 0 aromatic carbocycles. The maximum atomic E-state index is 5.74. The van der Waals surface area contributed by atoms with Crippen LogP contribution in [0.15, 0.2) is 16.7 Å². The van der Waals surface area contributed by atoms with Gasteiger partial charge < -0.3 is 15.5 Å². The lowest BCUT2D eigenvalue weighted by Crippen LogP contribution is -2.26. The van der Waals surface area contributed by atoms with Gasteiger partial charge in [-0.25, -0.2) is 0 Å². The van der Waals surface area contributed by atoms with Gasteiger partial charge in [0, 0.05) is 0 Å². The van der Waals surface area contributed by atoms with Crippen molar-refractivity contribution in [2.75, 3.05) is 12.3 Å². The van der Waals surface area contributed by atoms with Gasteiger partial charge in [-0.3, -0.25) is 0 Å². The van der Waals surface area contributed by atoms with E-state index in [2.05, 4.69) is 5.32 Å². The molecule has 0 unspecified atom stereocenters. The number of nitrogens with two attached hydrogens (primary N) is 1. The highest BCUT2D eigenvalue weighted by Gasteiger charge is 2.19. The molecule has 2 heterocycles. The zero-order valence-electron chi connectivity index (χ0n) is 7.05. The van der Waals surface area contributed by atoms with Gasteiger partial charge in [0.2, 0.25) is 0 Å². The third kappa shape index (κ3) is 1.32. The van der Waals surface area contributed by atoms with Crippen molar-refractivity contribution in [3.05, 3.63) is 18.1 Å². The van der Waals surface area contributed by atoms with Crippen LogP contribution in [0.4, 0.5) is 5.69 Å². The van der Waals surface area contributed by atoms with E-state index in [0.29, 0.717) is 6.04 Å². The Kier molecular flexibility index (Phi) is 2.04. The third-order valence-electron chi connectivity index (χ3n) is 2.35. The minimum absolute atomic E-state index is 0.341. The highest BCUT2D eigenvalue weighted by Crippen LogP contribution is 2.27. The van der Waals surface area contributed by atoms with Crippen LogP contribution in [0.25, 0.3) is 0 Å². The normalized spacial score (nSPS) is 24.2. The minimum atomic E-state index is 0.341. The third-order valence-corrected chi connectivity index (χ3v) is 2.35. The highest BCUT2D eigenvalue weighted by molar-refractivity contribution is 5.42. The van der Waals surface area contributed by atoms with Gasteiger partial charge in [0.05, 0.1) is 18.0 Å². The van der Waals surface area contributed by atoms with Gasteiger partial charge >= 0.3 is 0 Å². The Hall–Kier alpha value is -0.960. The van der Waals surface area contributed by atoms with Crippen molar-refractivity contribution in [1.82, 2.24) is 5.32 Å². The van der Waals surface area contributed by atoms with Gasteiger partial charge in [-0.15, -0.1) is 0 Å². The molecular formula is C9H14N2O. The molecular weight excluding hydrogens is 152 g/mol. The van der Waals surface area contributed by atoms with E-state index in [1.807, 2.05) is 6.07 Å². The summed E-state index contributed by atoms with van der Waals surface area (Å²) in [5.41, 5.74) is 6.51. The van der Waals surface area contributed by atoms with Crippen LogP contribution in [0.3, 0.4) is 0 Å². The van der Waals surface area contributed by atoms with Crippen molar-refractivity contribution < 1.29 is 4.42 Å². The van der Waals surface area contributed by atoms with Crippen molar-refractivity contribution in [3.8, 4) is 0 Å². The summed E-state index contributed by atoms with van der Waals surface area (Å²) < 4.78 is 5.32. The molecule has 0 aliphatic carbocycles. The van der Waals surface area contributed by atoms with Crippen LogP contribution < -0.4 is 11.1 Å². The Morgan fingerprint density at radius 2 is 2.42 bits per heavy atom. The molecule has 0 saturated carbocycles. The second-order valence-electron chi connectivity index (χ2n) is 3.24. The SMILES string of the molecule is Nc1ccoc1[C@H]1CCCCN1. The predicted octanol–water partition coefficient (Wildman–Crippen LogP) is 1.68. The molecule has 3 nitrogen and oxygen atoms in total. The van der Waals surface area contributed by atoms with Gasteiger partial charge in [0.25, 0.3) is 0 Å². The van der Waals surface area contributed by atoms with Crippen molar-refractivity contribution in [2.24, 2.45) is 0 Å². The van der Waals surface area contributed by atoms with E-state index in [-0.39, 0.29) is 0 Å². The van der Waals surface area contributed by atoms with Crippen LogP contribution in [0, 0.1) is 0 Å². The highest BCUT2D eigenvalue weighted by atomic mass is 16.3. The number of rotatable bonds is 1. The van der Waals surface area contributed by atoms with E-state index in [0.717, 1.165) is 24.4 Å². The molecule has 0 amide bonds. The second kappa shape index (κ2) is 3.19. The summed E-state index contributed by atoms with van der Waals surface area (Å²) in [5.74, 6) is 0.912. The Bertz CT molecular complexity index is 251. The number of nitrogen functional groups attached to an aromatic ring is 1. The van der Waals surface area contributed by atoms with Crippen molar-refractivity contribution >= 4 is 5.69 Å². The van der Waals surface area contributed by atoms with E-state index < -0.39 is 0 Å². The average Bonchev–Trinajstić information content (AvgIpc) is 2.53. The molecule has 1 atom stereocenters. The number of hydrogen-bond donors (Lipinski definition) is 2. The standard InChI is InChI=1S/C9H14N2O/c10-7-4-6-12-9(7)8-3-1-2-5-11-8/h4,6,8,11H,1-3,5,10H2/t8-/m1/s1. The summed E-state index contributed by atoms with van der Waals surface area (Å²) >= 11 is 0. The molecule has 3 heteroatoms. The summed E-state index contributed by atoms with van der Waals surface area (Å²) in [5, 5.41) is 3.39. The van der Waals surface area contributed by atoms with Crippen LogP contribution in [0.5, 0.6) is 0 Å². The van der Waals surface area contributed by atoms with Gasteiger partial charge in [-0.05, 0) is 25.5 Å². The van der Waals surface area contributed by atoms with Crippen molar-refractivity contribution in [2.45, 2.75) is 25.3 Å². The average molecular weight is 166 g/mol. The van der Waals surface area contributed by atoms with Gasteiger partial charge in [0.1, 0.15) is 5.76 Å². The largest absolute Gasteiger partial charge is 0.465 e. The summed E-state index contributed by atoms with van der Waals surface area (Å²) in [6.07, 6.45) is 5.31. The maximum absolute atomic E-state index is 5.74. The molecule has 3 N–H and O–H groups in total. The van der Waals surface area contributed by atoms with Crippen LogP contribution in [-0.4, -0.2) is 6.54 Å². The molecule has 1 saturated heterocycles. The predicted molar refractivity (Wildman–Crippen MR) is 47.7 cm³/mol.